The zero-order valence-corrected chi connectivity index (χ0v) is 16.5. The number of hydrogen-bond donors (Lipinski definition) is 3. The van der Waals surface area contributed by atoms with Crippen molar-refractivity contribution in [2.24, 2.45) is 4.99 Å². The van der Waals surface area contributed by atoms with Gasteiger partial charge in [0.2, 0.25) is 0 Å². The van der Waals surface area contributed by atoms with Gasteiger partial charge in [0.15, 0.2) is 12.1 Å². The first-order valence-electron chi connectivity index (χ1n) is 9.72. The van der Waals surface area contributed by atoms with E-state index in [2.05, 4.69) is 10.3 Å². The lowest BCUT2D eigenvalue weighted by Crippen LogP contribution is -2.46. The molecule has 7 heteroatoms. The Morgan fingerprint density at radius 3 is 2.52 bits per heavy atom. The number of hydrogen-bond acceptors (Lipinski definition) is 7. The van der Waals surface area contributed by atoms with Gasteiger partial charge in [0.25, 0.3) is 0 Å². The first kappa shape index (κ1) is 19.8. The zero-order chi connectivity index (χ0) is 20.4. The van der Waals surface area contributed by atoms with Crippen LogP contribution in [0, 0.1) is 0 Å². The van der Waals surface area contributed by atoms with Crippen molar-refractivity contribution in [2.45, 2.75) is 50.7 Å². The van der Waals surface area contributed by atoms with E-state index in [1.54, 1.807) is 36.5 Å². The molecule has 4 unspecified atom stereocenters. The monoisotopic (exact) mass is 398 g/mol. The quantitative estimate of drug-likeness (QED) is 0.648. The van der Waals surface area contributed by atoms with E-state index in [0.717, 1.165) is 5.56 Å². The summed E-state index contributed by atoms with van der Waals surface area (Å²) in [7, 11) is 0. The summed E-state index contributed by atoms with van der Waals surface area (Å²) in [6.07, 6.45) is 0.617. The topological polar surface area (TPSA) is 92.5 Å². The van der Waals surface area contributed by atoms with Crippen LogP contribution < -0.4 is 5.32 Å². The number of phenols is 2. The molecule has 0 radical (unpaired) electrons. The van der Waals surface area contributed by atoms with Crippen LogP contribution in [0.2, 0.25) is 0 Å². The highest BCUT2D eigenvalue weighted by Crippen LogP contribution is 2.37. The van der Waals surface area contributed by atoms with E-state index in [0.29, 0.717) is 18.7 Å². The minimum Gasteiger partial charge on any atom is -0.508 e. The van der Waals surface area contributed by atoms with E-state index in [-0.39, 0.29) is 29.7 Å². The van der Waals surface area contributed by atoms with Crippen molar-refractivity contribution in [3.05, 3.63) is 59.7 Å². The third-order valence-electron chi connectivity index (χ3n) is 5.12. The first-order chi connectivity index (χ1) is 13.9. The Labute approximate surface area is 170 Å². The van der Waals surface area contributed by atoms with Crippen LogP contribution in [0.25, 0.3) is 0 Å². The van der Waals surface area contributed by atoms with E-state index < -0.39 is 12.1 Å². The van der Waals surface area contributed by atoms with Crippen LogP contribution in [0.3, 0.4) is 0 Å². The van der Waals surface area contributed by atoms with Crippen molar-refractivity contribution in [1.29, 1.82) is 0 Å². The highest BCUT2D eigenvalue weighted by molar-refractivity contribution is 5.83. The van der Waals surface area contributed by atoms with Crippen molar-refractivity contribution in [3.63, 3.8) is 0 Å². The van der Waals surface area contributed by atoms with Gasteiger partial charge in [-0.25, -0.2) is 0 Å². The van der Waals surface area contributed by atoms with Crippen molar-refractivity contribution in [3.8, 4) is 11.5 Å². The van der Waals surface area contributed by atoms with E-state index in [1.165, 1.54) is 0 Å². The van der Waals surface area contributed by atoms with Gasteiger partial charge in [-0.15, -0.1) is 0 Å². The van der Waals surface area contributed by atoms with Crippen LogP contribution in [0.1, 0.15) is 25.0 Å². The fraction of sp³-hybridized carbons (Fsp3) is 0.409. The van der Waals surface area contributed by atoms with E-state index in [1.807, 2.05) is 32.0 Å². The predicted molar refractivity (Wildman–Crippen MR) is 108 cm³/mol. The Bertz CT molecular complexity index is 885. The molecule has 0 bridgehead atoms. The Morgan fingerprint density at radius 1 is 1.03 bits per heavy atom. The van der Waals surface area contributed by atoms with Gasteiger partial charge in [-0.2, -0.15) is 0 Å². The minimum absolute atomic E-state index is 0.164. The molecule has 0 aliphatic carbocycles. The van der Waals surface area contributed by atoms with Gasteiger partial charge in [0.1, 0.15) is 17.6 Å². The van der Waals surface area contributed by atoms with Gasteiger partial charge in [0, 0.05) is 23.9 Å². The summed E-state index contributed by atoms with van der Waals surface area (Å²) >= 11 is 0. The summed E-state index contributed by atoms with van der Waals surface area (Å²) in [6.45, 7) is 4.57. The average molecular weight is 398 g/mol. The second-order valence-corrected chi connectivity index (χ2v) is 7.73. The van der Waals surface area contributed by atoms with Gasteiger partial charge in [-0.3, -0.25) is 4.99 Å². The third-order valence-corrected chi connectivity index (χ3v) is 5.12. The second kappa shape index (κ2) is 8.12. The Balaban J connectivity index is 1.46. The SMILES string of the molecule is CC1(C)OC2OC(CN=Cc3ccccc3O)C(NCc3ccccc3O)C2O1. The molecule has 4 rings (SSSR count). The number of phenolic OH excluding ortho intramolecular Hbond substituents is 2. The molecular formula is C22H26N2O5. The molecule has 0 amide bonds. The molecular weight excluding hydrogens is 372 g/mol. The molecule has 2 saturated heterocycles. The van der Waals surface area contributed by atoms with Crippen molar-refractivity contribution in [1.82, 2.24) is 5.32 Å². The van der Waals surface area contributed by atoms with E-state index in [4.69, 9.17) is 14.2 Å². The van der Waals surface area contributed by atoms with Crippen molar-refractivity contribution < 1.29 is 24.4 Å². The fourth-order valence-corrected chi connectivity index (χ4v) is 3.72. The molecule has 2 aliphatic heterocycles. The maximum absolute atomic E-state index is 10.0. The number of aromatic hydroxyl groups is 2. The molecule has 3 N–H and O–H groups in total. The highest BCUT2D eigenvalue weighted by atomic mass is 16.8. The molecule has 154 valence electrons. The number of ether oxygens (including phenoxy) is 3. The van der Waals surface area contributed by atoms with Gasteiger partial charge in [-0.05, 0) is 32.0 Å². The lowest BCUT2D eigenvalue weighted by molar-refractivity contribution is -0.206. The van der Waals surface area contributed by atoms with Crippen LogP contribution in [-0.2, 0) is 20.8 Å². The smallest absolute Gasteiger partial charge is 0.189 e. The maximum Gasteiger partial charge on any atom is 0.189 e. The summed E-state index contributed by atoms with van der Waals surface area (Å²) in [5.74, 6) is -0.287. The van der Waals surface area contributed by atoms with E-state index in [9.17, 15) is 10.2 Å². The van der Waals surface area contributed by atoms with Gasteiger partial charge < -0.3 is 29.7 Å². The van der Waals surface area contributed by atoms with E-state index >= 15 is 0 Å². The Morgan fingerprint density at radius 2 is 1.76 bits per heavy atom. The van der Waals surface area contributed by atoms with Crippen LogP contribution in [-0.4, -0.2) is 53.3 Å². The largest absolute Gasteiger partial charge is 0.508 e. The number of aliphatic imine (C=N–C) groups is 1. The number of benzene rings is 2. The summed E-state index contributed by atoms with van der Waals surface area (Å²) in [6, 6.07) is 14.1. The number of nitrogens with zero attached hydrogens (tertiary/aromatic N) is 1. The van der Waals surface area contributed by atoms with Gasteiger partial charge in [-0.1, -0.05) is 30.3 Å². The van der Waals surface area contributed by atoms with Gasteiger partial charge >= 0.3 is 0 Å². The fourth-order valence-electron chi connectivity index (χ4n) is 3.72. The van der Waals surface area contributed by atoms with Gasteiger partial charge in [0.05, 0.1) is 18.7 Å². The molecule has 2 heterocycles. The molecule has 2 aromatic rings. The second-order valence-electron chi connectivity index (χ2n) is 7.73. The normalized spacial score (nSPS) is 28.1. The Kier molecular flexibility index (Phi) is 5.56. The number of nitrogens with one attached hydrogen (secondary N) is 1. The summed E-state index contributed by atoms with van der Waals surface area (Å²) in [5.41, 5.74) is 1.45. The summed E-state index contributed by atoms with van der Waals surface area (Å²) in [4.78, 5) is 4.46. The zero-order valence-electron chi connectivity index (χ0n) is 16.5. The number of para-hydroxylation sites is 2. The van der Waals surface area contributed by atoms with Crippen molar-refractivity contribution >= 4 is 6.21 Å². The predicted octanol–water partition coefficient (Wildman–Crippen LogP) is 2.55. The lowest BCUT2D eigenvalue weighted by atomic mass is 10.1. The average Bonchev–Trinajstić information content (AvgIpc) is 3.14. The summed E-state index contributed by atoms with van der Waals surface area (Å²) < 4.78 is 18.0. The van der Waals surface area contributed by atoms with Crippen LogP contribution >= 0.6 is 0 Å². The molecule has 2 fully saturated rings. The molecule has 4 atom stereocenters. The third kappa shape index (κ3) is 4.43. The molecule has 0 spiro atoms. The Hall–Kier alpha value is -2.45. The summed E-state index contributed by atoms with van der Waals surface area (Å²) in [5, 5.41) is 23.4. The first-order valence-corrected chi connectivity index (χ1v) is 9.72. The maximum atomic E-state index is 10.0. The molecule has 29 heavy (non-hydrogen) atoms. The molecule has 7 nitrogen and oxygen atoms in total. The van der Waals surface area contributed by atoms with Crippen molar-refractivity contribution in [2.75, 3.05) is 6.54 Å². The molecule has 0 aromatic heterocycles. The number of rotatable bonds is 6. The highest BCUT2D eigenvalue weighted by Gasteiger charge is 2.54. The molecule has 2 aliphatic rings. The minimum atomic E-state index is -0.714. The van der Waals surface area contributed by atoms with Crippen LogP contribution in [0.4, 0.5) is 0 Å². The van der Waals surface area contributed by atoms with Crippen LogP contribution in [0.15, 0.2) is 53.5 Å². The molecule has 0 saturated carbocycles. The molecule has 2 aromatic carbocycles. The number of fused-ring (bicyclic) bond motifs is 1. The lowest BCUT2D eigenvalue weighted by Gasteiger charge is -2.26. The standard InChI is InChI=1S/C22H26N2O5/c1-22(2)28-20-19(24-12-15-8-4-6-10-17(15)26)18(27-21(20)29-22)13-23-11-14-7-3-5-9-16(14)25/h3-11,18-21,24-26H,12-13H2,1-2H3. The van der Waals surface area contributed by atoms with Crippen LogP contribution in [0.5, 0.6) is 11.5 Å².